The van der Waals surface area contributed by atoms with Crippen LogP contribution in [0.3, 0.4) is 0 Å². The van der Waals surface area contributed by atoms with Crippen LogP contribution in [0.2, 0.25) is 0 Å². The Hall–Kier alpha value is -1.55. The van der Waals surface area contributed by atoms with Crippen LogP contribution in [-0.4, -0.2) is 25.1 Å². The smallest absolute Gasteiger partial charge is 0.223 e. The molecule has 0 saturated heterocycles. The molecule has 22 heavy (non-hydrogen) atoms. The van der Waals surface area contributed by atoms with E-state index in [0.29, 0.717) is 6.54 Å². The fourth-order valence-electron chi connectivity index (χ4n) is 2.82. The molecule has 0 aliphatic heterocycles. The summed E-state index contributed by atoms with van der Waals surface area (Å²) < 4.78 is 5.64. The van der Waals surface area contributed by atoms with E-state index in [2.05, 4.69) is 24.4 Å². The van der Waals surface area contributed by atoms with Gasteiger partial charge in [-0.1, -0.05) is 25.5 Å². The highest BCUT2D eigenvalue weighted by atomic mass is 16.5. The molecule has 0 heterocycles. The van der Waals surface area contributed by atoms with Crippen LogP contribution in [0.15, 0.2) is 24.3 Å². The number of hydrogen-bond donors (Lipinski definition) is 2. The van der Waals surface area contributed by atoms with Crippen molar-refractivity contribution in [3.05, 3.63) is 29.8 Å². The summed E-state index contributed by atoms with van der Waals surface area (Å²) in [5.41, 5.74) is 7.06. The molecule has 2 unspecified atom stereocenters. The van der Waals surface area contributed by atoms with Crippen molar-refractivity contribution in [2.75, 3.05) is 13.2 Å². The lowest BCUT2D eigenvalue weighted by molar-refractivity contribution is -0.124. The topological polar surface area (TPSA) is 64.3 Å². The Balaban J connectivity index is 1.67. The lowest BCUT2D eigenvalue weighted by Crippen LogP contribution is -2.31. The van der Waals surface area contributed by atoms with Crippen LogP contribution in [0.1, 0.15) is 44.6 Å². The van der Waals surface area contributed by atoms with E-state index in [1.807, 2.05) is 12.1 Å². The van der Waals surface area contributed by atoms with Gasteiger partial charge in [-0.25, -0.2) is 0 Å². The fraction of sp³-hybridized carbons (Fsp3) is 0.611. The highest BCUT2D eigenvalue weighted by molar-refractivity contribution is 5.79. The summed E-state index contributed by atoms with van der Waals surface area (Å²) >= 11 is 0. The maximum atomic E-state index is 12.0. The molecule has 2 atom stereocenters. The van der Waals surface area contributed by atoms with Gasteiger partial charge in [0.15, 0.2) is 0 Å². The summed E-state index contributed by atoms with van der Waals surface area (Å²) in [6.07, 6.45) is 5.80. The van der Waals surface area contributed by atoms with Crippen molar-refractivity contribution >= 4 is 5.91 Å². The number of unbranched alkanes of at least 4 members (excludes halogenated alkanes) is 1. The van der Waals surface area contributed by atoms with Crippen LogP contribution in [0.4, 0.5) is 0 Å². The van der Waals surface area contributed by atoms with Crippen molar-refractivity contribution in [1.82, 2.24) is 5.32 Å². The van der Waals surface area contributed by atoms with Crippen molar-refractivity contribution in [1.29, 1.82) is 0 Å². The lowest BCUT2D eigenvalue weighted by atomic mass is 10.1. The van der Waals surface area contributed by atoms with E-state index < -0.39 is 0 Å². The van der Waals surface area contributed by atoms with Crippen molar-refractivity contribution < 1.29 is 9.53 Å². The average molecular weight is 304 g/mol. The quantitative estimate of drug-likeness (QED) is 0.726. The molecule has 0 radical (unpaired) electrons. The molecule has 3 N–H and O–H groups in total. The Bertz CT molecular complexity index is 459. The Morgan fingerprint density at radius 3 is 2.73 bits per heavy atom. The number of nitrogens with one attached hydrogen (secondary N) is 1. The molecule has 1 amide bonds. The third-order valence-electron chi connectivity index (χ3n) is 4.25. The summed E-state index contributed by atoms with van der Waals surface area (Å²) in [6.45, 7) is 3.61. The van der Waals surface area contributed by atoms with Crippen LogP contribution < -0.4 is 15.8 Å². The summed E-state index contributed by atoms with van der Waals surface area (Å²) in [5, 5.41) is 3.02. The largest absolute Gasteiger partial charge is 0.494 e. The molecular weight excluding hydrogens is 276 g/mol. The first-order valence-corrected chi connectivity index (χ1v) is 8.44. The van der Waals surface area contributed by atoms with Gasteiger partial charge in [0, 0.05) is 18.5 Å². The van der Waals surface area contributed by atoms with E-state index in [1.54, 1.807) is 0 Å². The Morgan fingerprint density at radius 1 is 1.32 bits per heavy atom. The lowest BCUT2D eigenvalue weighted by Gasteiger charge is -2.11. The van der Waals surface area contributed by atoms with Gasteiger partial charge in [-0.05, 0) is 49.8 Å². The molecule has 1 fully saturated rings. The molecule has 1 saturated carbocycles. The number of nitrogens with two attached hydrogens (primary N) is 1. The maximum absolute atomic E-state index is 12.0. The van der Waals surface area contributed by atoms with E-state index in [-0.39, 0.29) is 17.9 Å². The van der Waals surface area contributed by atoms with Gasteiger partial charge >= 0.3 is 0 Å². The molecule has 122 valence electrons. The van der Waals surface area contributed by atoms with Crippen LogP contribution in [0.25, 0.3) is 0 Å². The SMILES string of the molecule is CCCCOc1ccc(CCNC(=O)C2CCC(N)C2)cc1. The maximum Gasteiger partial charge on any atom is 0.223 e. The molecule has 4 heteroatoms. The molecular formula is C18H28N2O2. The third-order valence-corrected chi connectivity index (χ3v) is 4.25. The van der Waals surface area contributed by atoms with Crippen LogP contribution in [0, 0.1) is 5.92 Å². The highest BCUT2D eigenvalue weighted by Crippen LogP contribution is 2.24. The predicted octanol–water partition coefficient (Wildman–Crippen LogP) is 2.65. The monoisotopic (exact) mass is 304 g/mol. The normalized spacial score (nSPS) is 20.8. The van der Waals surface area contributed by atoms with Crippen LogP contribution >= 0.6 is 0 Å². The summed E-state index contributed by atoms with van der Waals surface area (Å²) in [6, 6.07) is 8.35. The molecule has 1 aromatic carbocycles. The standard InChI is InChI=1S/C18H28N2O2/c1-2-3-12-22-17-8-4-14(5-9-17)10-11-20-18(21)15-6-7-16(19)13-15/h4-5,8-9,15-16H,2-3,6-7,10-13,19H2,1H3,(H,20,21). The van der Waals surface area contributed by atoms with Crippen molar-refractivity contribution in [2.24, 2.45) is 11.7 Å². The number of ether oxygens (including phenoxy) is 1. The van der Waals surface area contributed by atoms with Crippen molar-refractivity contribution in [3.63, 3.8) is 0 Å². The number of carbonyl (C=O) groups is 1. The first-order valence-electron chi connectivity index (χ1n) is 8.44. The van der Waals surface area contributed by atoms with Gasteiger partial charge in [-0.3, -0.25) is 4.79 Å². The highest BCUT2D eigenvalue weighted by Gasteiger charge is 2.27. The molecule has 0 spiro atoms. The number of benzene rings is 1. The van der Waals surface area contributed by atoms with Gasteiger partial charge in [0.25, 0.3) is 0 Å². The molecule has 0 bridgehead atoms. The first kappa shape index (κ1) is 16.8. The van der Waals surface area contributed by atoms with Gasteiger partial charge in [-0.2, -0.15) is 0 Å². The second-order valence-electron chi connectivity index (χ2n) is 6.16. The second-order valence-corrected chi connectivity index (χ2v) is 6.16. The molecule has 1 aliphatic rings. The molecule has 1 aliphatic carbocycles. The predicted molar refractivity (Wildman–Crippen MR) is 88.9 cm³/mol. The number of carbonyl (C=O) groups excluding carboxylic acids is 1. The number of amides is 1. The number of rotatable bonds is 8. The Kier molecular flexibility index (Phi) is 6.72. The minimum atomic E-state index is 0.115. The van der Waals surface area contributed by atoms with E-state index >= 15 is 0 Å². The summed E-state index contributed by atoms with van der Waals surface area (Å²) in [5.74, 6) is 1.19. The second kappa shape index (κ2) is 8.79. The van der Waals surface area contributed by atoms with E-state index in [0.717, 1.165) is 50.9 Å². The summed E-state index contributed by atoms with van der Waals surface area (Å²) in [4.78, 5) is 12.0. The fourth-order valence-corrected chi connectivity index (χ4v) is 2.82. The van der Waals surface area contributed by atoms with Gasteiger partial charge < -0.3 is 15.8 Å². The first-order chi connectivity index (χ1) is 10.7. The molecule has 4 nitrogen and oxygen atoms in total. The Morgan fingerprint density at radius 2 is 2.09 bits per heavy atom. The van der Waals surface area contributed by atoms with Gasteiger partial charge in [-0.15, -0.1) is 0 Å². The van der Waals surface area contributed by atoms with E-state index in [4.69, 9.17) is 10.5 Å². The molecule has 1 aromatic rings. The van der Waals surface area contributed by atoms with Gasteiger partial charge in [0.2, 0.25) is 5.91 Å². The third kappa shape index (κ3) is 5.34. The zero-order valence-electron chi connectivity index (χ0n) is 13.5. The van der Waals surface area contributed by atoms with Crippen LogP contribution in [-0.2, 0) is 11.2 Å². The average Bonchev–Trinajstić information content (AvgIpc) is 2.96. The summed E-state index contributed by atoms with van der Waals surface area (Å²) in [7, 11) is 0. The van der Waals surface area contributed by atoms with Gasteiger partial charge in [0.1, 0.15) is 5.75 Å². The molecule has 2 rings (SSSR count). The van der Waals surface area contributed by atoms with Crippen LogP contribution in [0.5, 0.6) is 5.75 Å². The van der Waals surface area contributed by atoms with E-state index in [9.17, 15) is 4.79 Å². The number of hydrogen-bond acceptors (Lipinski definition) is 3. The minimum absolute atomic E-state index is 0.115. The van der Waals surface area contributed by atoms with Crippen molar-refractivity contribution in [2.45, 2.75) is 51.5 Å². The van der Waals surface area contributed by atoms with Crippen molar-refractivity contribution in [3.8, 4) is 5.75 Å². The van der Waals surface area contributed by atoms with Gasteiger partial charge in [0.05, 0.1) is 6.61 Å². The zero-order chi connectivity index (χ0) is 15.8. The Labute approximate surface area is 133 Å². The molecule has 0 aromatic heterocycles. The zero-order valence-corrected chi connectivity index (χ0v) is 13.5. The minimum Gasteiger partial charge on any atom is -0.494 e. The van der Waals surface area contributed by atoms with E-state index in [1.165, 1.54) is 5.56 Å².